The summed E-state index contributed by atoms with van der Waals surface area (Å²) in [5.74, 6) is 0.195. The number of carbonyl (C=O) groups is 3. The Morgan fingerprint density at radius 2 is 1.41 bits per heavy atom. The fourth-order valence-corrected chi connectivity index (χ4v) is 3.00. The number of benzene rings is 3. The Kier molecular flexibility index (Phi) is 5.89. The Hall–Kier alpha value is -4.53. The van der Waals surface area contributed by atoms with E-state index in [-0.39, 0.29) is 18.3 Å². The first-order valence-electron chi connectivity index (χ1n) is 9.59. The van der Waals surface area contributed by atoms with Crippen LogP contribution < -0.4 is 30.4 Å². The molecule has 0 unspecified atom stereocenters. The zero-order valence-corrected chi connectivity index (χ0v) is 17.0. The summed E-state index contributed by atoms with van der Waals surface area (Å²) >= 11 is 0. The van der Waals surface area contributed by atoms with E-state index in [9.17, 15) is 14.4 Å². The van der Waals surface area contributed by atoms with Crippen molar-refractivity contribution in [3.63, 3.8) is 0 Å². The lowest BCUT2D eigenvalue weighted by atomic mass is 10.1. The maximum atomic E-state index is 12.5. The smallest absolute Gasteiger partial charge is 0.269 e. The number of carbonyl (C=O) groups excluding carboxylic acids is 3. The van der Waals surface area contributed by atoms with Gasteiger partial charge in [-0.25, -0.2) is 0 Å². The maximum absolute atomic E-state index is 12.5. The van der Waals surface area contributed by atoms with Gasteiger partial charge in [-0.3, -0.25) is 25.2 Å². The molecule has 0 saturated heterocycles. The third-order valence-corrected chi connectivity index (χ3v) is 4.64. The molecule has 9 heteroatoms. The van der Waals surface area contributed by atoms with E-state index in [4.69, 9.17) is 14.2 Å². The standard InChI is InChI=1S/C23H19N3O6/c1-30-18-7-3-5-15(11-18)23(29)26-25-22(28)14-4-2-6-17(10-14)24-21(27)16-8-9-19-20(12-16)32-13-31-19/h2-12H,13H2,1H3,(H,24,27)(H,25,28)(H,26,29). The zero-order chi connectivity index (χ0) is 22.5. The molecule has 0 aliphatic carbocycles. The van der Waals surface area contributed by atoms with E-state index in [1.807, 2.05) is 0 Å². The van der Waals surface area contributed by atoms with Crippen LogP contribution in [-0.4, -0.2) is 31.6 Å². The van der Waals surface area contributed by atoms with Gasteiger partial charge in [0, 0.05) is 22.4 Å². The summed E-state index contributed by atoms with van der Waals surface area (Å²) in [5, 5.41) is 2.73. The highest BCUT2D eigenvalue weighted by atomic mass is 16.7. The van der Waals surface area contributed by atoms with E-state index in [1.54, 1.807) is 60.7 Å². The molecule has 4 rings (SSSR count). The third kappa shape index (κ3) is 4.62. The van der Waals surface area contributed by atoms with Gasteiger partial charge >= 0.3 is 0 Å². The zero-order valence-electron chi connectivity index (χ0n) is 17.0. The molecule has 9 nitrogen and oxygen atoms in total. The summed E-state index contributed by atoms with van der Waals surface area (Å²) in [6, 6.07) is 17.7. The van der Waals surface area contributed by atoms with Gasteiger partial charge in [0.1, 0.15) is 5.75 Å². The maximum Gasteiger partial charge on any atom is 0.269 e. The van der Waals surface area contributed by atoms with Gasteiger partial charge < -0.3 is 19.5 Å². The van der Waals surface area contributed by atoms with Gasteiger partial charge in [-0.15, -0.1) is 0 Å². The molecule has 3 aromatic carbocycles. The first-order chi connectivity index (χ1) is 15.5. The molecule has 0 fully saturated rings. The predicted molar refractivity (Wildman–Crippen MR) is 115 cm³/mol. The van der Waals surface area contributed by atoms with Crippen molar-refractivity contribution in [3.05, 3.63) is 83.4 Å². The van der Waals surface area contributed by atoms with Crippen molar-refractivity contribution in [3.8, 4) is 17.2 Å². The third-order valence-electron chi connectivity index (χ3n) is 4.64. The van der Waals surface area contributed by atoms with Crippen LogP contribution in [0.3, 0.4) is 0 Å². The number of anilines is 1. The van der Waals surface area contributed by atoms with Gasteiger partial charge in [0.2, 0.25) is 6.79 Å². The SMILES string of the molecule is COc1cccc(C(=O)NNC(=O)c2cccc(NC(=O)c3ccc4c(c3)OCO4)c2)c1. The summed E-state index contributed by atoms with van der Waals surface area (Å²) in [5.41, 5.74) is 6.08. The normalized spacial score (nSPS) is 11.4. The van der Waals surface area contributed by atoms with Crippen molar-refractivity contribution in [2.45, 2.75) is 0 Å². The number of amides is 3. The number of hydrogen-bond donors (Lipinski definition) is 3. The van der Waals surface area contributed by atoms with Crippen LogP contribution in [-0.2, 0) is 0 Å². The number of hydrazine groups is 1. The summed E-state index contributed by atoms with van der Waals surface area (Å²) in [6.45, 7) is 0.117. The number of fused-ring (bicyclic) bond motifs is 1. The van der Waals surface area contributed by atoms with Crippen LogP contribution in [0.1, 0.15) is 31.1 Å². The Bertz CT molecular complexity index is 1190. The molecule has 0 aromatic heterocycles. The van der Waals surface area contributed by atoms with Crippen molar-refractivity contribution in [1.82, 2.24) is 10.9 Å². The van der Waals surface area contributed by atoms with Gasteiger partial charge in [0.15, 0.2) is 11.5 Å². The second-order valence-corrected chi connectivity index (χ2v) is 6.74. The number of methoxy groups -OCH3 is 1. The van der Waals surface area contributed by atoms with Crippen LogP contribution in [0, 0.1) is 0 Å². The van der Waals surface area contributed by atoms with Crippen molar-refractivity contribution in [1.29, 1.82) is 0 Å². The molecular formula is C23H19N3O6. The summed E-state index contributed by atoms with van der Waals surface area (Å²) in [7, 11) is 1.50. The highest BCUT2D eigenvalue weighted by Crippen LogP contribution is 2.32. The molecule has 0 saturated carbocycles. The van der Waals surface area contributed by atoms with Crippen LogP contribution in [0.4, 0.5) is 5.69 Å². The quantitative estimate of drug-likeness (QED) is 0.533. The first kappa shape index (κ1) is 20.7. The molecule has 1 aliphatic heterocycles. The number of hydrogen-bond acceptors (Lipinski definition) is 6. The summed E-state index contributed by atoms with van der Waals surface area (Å²) in [4.78, 5) is 37.2. The van der Waals surface area contributed by atoms with Crippen LogP contribution in [0.15, 0.2) is 66.7 Å². The fourth-order valence-electron chi connectivity index (χ4n) is 3.00. The lowest BCUT2D eigenvalue weighted by molar-refractivity contribution is 0.0846. The van der Waals surface area contributed by atoms with Crippen molar-refractivity contribution in [2.75, 3.05) is 19.2 Å². The first-order valence-corrected chi connectivity index (χ1v) is 9.59. The van der Waals surface area contributed by atoms with Crippen molar-refractivity contribution >= 4 is 23.4 Å². The fraction of sp³-hybridized carbons (Fsp3) is 0.0870. The van der Waals surface area contributed by atoms with E-state index in [2.05, 4.69) is 16.2 Å². The second kappa shape index (κ2) is 9.09. The highest BCUT2D eigenvalue weighted by molar-refractivity contribution is 6.05. The van der Waals surface area contributed by atoms with Gasteiger partial charge in [-0.2, -0.15) is 0 Å². The van der Waals surface area contributed by atoms with Crippen LogP contribution in [0.2, 0.25) is 0 Å². The Morgan fingerprint density at radius 1 is 0.750 bits per heavy atom. The number of ether oxygens (including phenoxy) is 3. The van der Waals surface area contributed by atoms with Crippen LogP contribution in [0.5, 0.6) is 17.2 Å². The van der Waals surface area contributed by atoms with E-state index < -0.39 is 11.8 Å². The van der Waals surface area contributed by atoms with E-state index in [0.717, 1.165) is 0 Å². The van der Waals surface area contributed by atoms with Crippen LogP contribution in [0.25, 0.3) is 0 Å². The van der Waals surface area contributed by atoms with E-state index >= 15 is 0 Å². The molecular weight excluding hydrogens is 414 g/mol. The average Bonchev–Trinajstić information content (AvgIpc) is 3.30. The summed E-state index contributed by atoms with van der Waals surface area (Å²) in [6.07, 6.45) is 0. The highest BCUT2D eigenvalue weighted by Gasteiger charge is 2.17. The molecule has 162 valence electrons. The van der Waals surface area contributed by atoms with Gasteiger partial charge in [-0.05, 0) is 54.6 Å². The molecule has 0 atom stereocenters. The molecule has 0 bridgehead atoms. The Labute approximate surface area is 183 Å². The lowest BCUT2D eigenvalue weighted by Gasteiger charge is -2.10. The molecule has 1 heterocycles. The monoisotopic (exact) mass is 433 g/mol. The molecule has 3 N–H and O–H groups in total. The second-order valence-electron chi connectivity index (χ2n) is 6.74. The molecule has 0 spiro atoms. The van der Waals surface area contributed by atoms with Crippen molar-refractivity contribution < 1.29 is 28.6 Å². The number of rotatable bonds is 5. The lowest BCUT2D eigenvalue weighted by Crippen LogP contribution is -2.41. The molecule has 32 heavy (non-hydrogen) atoms. The van der Waals surface area contributed by atoms with Gasteiger partial charge in [0.05, 0.1) is 7.11 Å². The summed E-state index contributed by atoms with van der Waals surface area (Å²) < 4.78 is 15.6. The Balaban J connectivity index is 1.38. The van der Waals surface area contributed by atoms with Gasteiger partial charge in [-0.1, -0.05) is 12.1 Å². The average molecular weight is 433 g/mol. The van der Waals surface area contributed by atoms with E-state index in [0.29, 0.717) is 34.1 Å². The van der Waals surface area contributed by atoms with Crippen LogP contribution >= 0.6 is 0 Å². The predicted octanol–water partition coefficient (Wildman–Crippen LogP) is 2.75. The molecule has 3 aromatic rings. The van der Waals surface area contributed by atoms with Crippen molar-refractivity contribution in [2.24, 2.45) is 0 Å². The number of nitrogens with one attached hydrogen (secondary N) is 3. The molecule has 3 amide bonds. The van der Waals surface area contributed by atoms with E-state index in [1.165, 1.54) is 13.2 Å². The molecule has 1 aliphatic rings. The largest absolute Gasteiger partial charge is 0.497 e. The topological polar surface area (TPSA) is 115 Å². The minimum atomic E-state index is -0.541. The van der Waals surface area contributed by atoms with Gasteiger partial charge in [0.25, 0.3) is 17.7 Å². The minimum Gasteiger partial charge on any atom is -0.497 e. The Morgan fingerprint density at radius 3 is 2.16 bits per heavy atom. The minimum absolute atomic E-state index is 0.117. The molecule has 0 radical (unpaired) electrons.